The zero-order chi connectivity index (χ0) is 56.3. The van der Waals surface area contributed by atoms with Gasteiger partial charge in [-0.3, -0.25) is 63.0 Å². The molecule has 11 N–H and O–H groups in total. The Hall–Kier alpha value is -7.96. The first-order valence-corrected chi connectivity index (χ1v) is 24.5. The fraction of sp³-hybridized carbons (Fsp3) is 0.520. The lowest BCUT2D eigenvalue weighted by Gasteiger charge is -2.33. The number of carbonyl (C=O) groups excluding carboxylic acids is 9. The fourth-order valence-corrected chi connectivity index (χ4v) is 8.00. The van der Waals surface area contributed by atoms with Crippen LogP contribution in [0.25, 0.3) is 11.1 Å². The molecule has 0 saturated carbocycles. The molecule has 1 saturated heterocycles. The molecule has 1 aliphatic rings. The van der Waals surface area contributed by atoms with E-state index in [1.807, 2.05) is 37.3 Å². The van der Waals surface area contributed by atoms with Crippen molar-refractivity contribution in [3.05, 3.63) is 60.2 Å². The highest BCUT2D eigenvalue weighted by Crippen LogP contribution is 2.23. The second-order valence-electron chi connectivity index (χ2n) is 18.8. The van der Waals surface area contributed by atoms with Crippen LogP contribution in [-0.4, -0.2) is 163 Å². The number of aliphatic hydroxyl groups excluding tert-OH is 1. The molecule has 8 atom stereocenters. The Kier molecular flexibility index (Phi) is 23.8. The number of hydrazine groups is 1. The Labute approximate surface area is 433 Å². The van der Waals surface area contributed by atoms with Crippen LogP contribution in [0.4, 0.5) is 0 Å². The van der Waals surface area contributed by atoms with Crippen LogP contribution in [0.1, 0.15) is 104 Å². The molecule has 2 aromatic carbocycles. The molecule has 0 unspecified atom stereocenters. The Morgan fingerprint density at radius 1 is 0.613 bits per heavy atom. The summed E-state index contributed by atoms with van der Waals surface area (Å²) in [6.07, 6.45) is -4.07. The van der Waals surface area contributed by atoms with Gasteiger partial charge in [0.25, 0.3) is 11.8 Å². The molecule has 1 fully saturated rings. The second-order valence-corrected chi connectivity index (χ2v) is 18.8. The summed E-state index contributed by atoms with van der Waals surface area (Å²) >= 11 is 0. The summed E-state index contributed by atoms with van der Waals surface area (Å²) in [4.78, 5) is 158. The number of benzene rings is 2. The van der Waals surface area contributed by atoms with Crippen LogP contribution in [0.5, 0.6) is 0 Å². The van der Waals surface area contributed by atoms with Gasteiger partial charge in [0, 0.05) is 32.0 Å². The van der Waals surface area contributed by atoms with E-state index in [1.54, 1.807) is 38.1 Å². The third-order valence-corrected chi connectivity index (χ3v) is 11.9. The van der Waals surface area contributed by atoms with E-state index < -0.39 is 157 Å². The summed E-state index contributed by atoms with van der Waals surface area (Å²) in [5.41, 5.74) is 4.86. The van der Waals surface area contributed by atoms with Crippen molar-refractivity contribution < 1.29 is 78.0 Å². The maximum atomic E-state index is 14.3. The highest BCUT2D eigenvalue weighted by molar-refractivity contribution is 6.00. The monoisotopic (exact) mass is 1050 g/mol. The molecule has 9 amide bonds. The van der Waals surface area contributed by atoms with Crippen molar-refractivity contribution in [2.45, 2.75) is 142 Å². The summed E-state index contributed by atoms with van der Waals surface area (Å²) < 4.78 is 0. The lowest BCUT2D eigenvalue weighted by molar-refractivity contribution is -0.144. The number of hydrogen-bond donors (Lipinski definition) is 11. The fourth-order valence-electron chi connectivity index (χ4n) is 8.00. The summed E-state index contributed by atoms with van der Waals surface area (Å²) in [6.45, 7) is 10.5. The Balaban J connectivity index is 1.79. The number of nitrogens with zero attached hydrogens (tertiary/aromatic N) is 2. The molecule has 25 heteroatoms. The van der Waals surface area contributed by atoms with Gasteiger partial charge in [-0.05, 0) is 67.7 Å². The van der Waals surface area contributed by atoms with Gasteiger partial charge in [-0.2, -0.15) is 0 Å². The van der Waals surface area contributed by atoms with Gasteiger partial charge < -0.3 is 57.2 Å². The lowest BCUT2D eigenvalue weighted by atomic mass is 9.98. The average Bonchev–Trinajstić information content (AvgIpc) is 3.84. The number of aliphatic hydroxyl groups is 1. The minimum Gasteiger partial charge on any atom is -0.481 e. The molecular formula is C50H69N9O16. The smallest absolute Gasteiger partial charge is 0.305 e. The predicted octanol–water partition coefficient (Wildman–Crippen LogP) is -0.336. The van der Waals surface area contributed by atoms with Crippen LogP contribution in [0.15, 0.2) is 54.6 Å². The van der Waals surface area contributed by atoms with Gasteiger partial charge >= 0.3 is 17.9 Å². The molecule has 0 spiro atoms. The Morgan fingerprint density at radius 3 is 1.61 bits per heavy atom. The number of amides is 9. The number of carbonyl (C=O) groups is 12. The van der Waals surface area contributed by atoms with Gasteiger partial charge in [-0.15, -0.1) is 0 Å². The molecule has 0 bridgehead atoms. The molecule has 3 rings (SSSR count). The van der Waals surface area contributed by atoms with Crippen LogP contribution in [0, 0.1) is 11.8 Å². The topological polar surface area (TPSA) is 376 Å². The van der Waals surface area contributed by atoms with Gasteiger partial charge in [-0.1, -0.05) is 77.1 Å². The molecule has 1 heterocycles. The third kappa shape index (κ3) is 18.8. The number of aliphatic carboxylic acids is 3. The third-order valence-electron chi connectivity index (χ3n) is 11.9. The maximum absolute atomic E-state index is 14.3. The SMILES string of the molecule is CCCN(NC(=O)[C@H]1CCCN1C(=O)[C@@H](NC(=O)[C@@H](NC(=O)[C@H](CC(=O)O)NC(=O)[C@H](CCC(=O)O)NC(=O)[C@@H](NC(=O)[C@H](CC(=O)O)NC(C)=O)[C@@H](C)O)C(C)C)C(C)C)C(=O)c1ccc(-c2ccccc2)cc1. The van der Waals surface area contributed by atoms with Crippen LogP contribution in [0.2, 0.25) is 0 Å². The highest BCUT2D eigenvalue weighted by Gasteiger charge is 2.41. The molecule has 0 aromatic heterocycles. The van der Waals surface area contributed by atoms with Crippen molar-refractivity contribution in [1.82, 2.24) is 47.2 Å². The largest absolute Gasteiger partial charge is 0.481 e. The standard InChI is InChI=1S/C50H69N9O16/c1-8-22-59(49(74)32-18-16-31(17-19-32)30-13-10-9-11-14-30)57-46(71)36-15-12-23-58(36)50(75)41(27(4)5)55-47(72)40(26(2)3)54-45(70)35(25-39(66)67)53-43(68)33(20-21-37(62)63)52-48(73)42(28(6)60)56-44(69)34(24-38(64)65)51-29(7)61/h9-11,13-14,16-19,26-28,33-36,40-42,60H,8,12,15,20-25H2,1-7H3,(H,51,61)(H,52,73)(H,53,68)(H,54,70)(H,55,72)(H,56,69)(H,57,71)(H,62,63)(H,64,65)(H,66,67)/t28-,33+,34+,35+,36-,40+,41+,42+/m1/s1. The minimum atomic E-state index is -1.98. The number of rotatable bonds is 27. The number of hydrogen-bond acceptors (Lipinski definition) is 13. The Morgan fingerprint density at radius 2 is 1.11 bits per heavy atom. The van der Waals surface area contributed by atoms with E-state index in [0.717, 1.165) is 25.0 Å². The normalized spacial score (nSPS) is 15.9. The zero-order valence-electron chi connectivity index (χ0n) is 42.9. The molecular weight excluding hydrogens is 983 g/mol. The van der Waals surface area contributed by atoms with E-state index in [2.05, 4.69) is 37.3 Å². The molecule has 75 heavy (non-hydrogen) atoms. The zero-order valence-corrected chi connectivity index (χ0v) is 42.9. The van der Waals surface area contributed by atoms with E-state index in [-0.39, 0.29) is 19.5 Å². The van der Waals surface area contributed by atoms with E-state index in [9.17, 15) is 78.0 Å². The molecule has 0 radical (unpaired) electrons. The van der Waals surface area contributed by atoms with Crippen LogP contribution in [0.3, 0.4) is 0 Å². The summed E-state index contributed by atoms with van der Waals surface area (Å²) in [7, 11) is 0. The summed E-state index contributed by atoms with van der Waals surface area (Å²) in [6, 6.07) is 5.20. The van der Waals surface area contributed by atoms with Crippen molar-refractivity contribution in [3.8, 4) is 11.1 Å². The van der Waals surface area contributed by atoms with Crippen molar-refractivity contribution in [2.24, 2.45) is 11.8 Å². The maximum Gasteiger partial charge on any atom is 0.305 e. The van der Waals surface area contributed by atoms with Crippen molar-refractivity contribution in [3.63, 3.8) is 0 Å². The van der Waals surface area contributed by atoms with Crippen molar-refractivity contribution in [1.29, 1.82) is 0 Å². The van der Waals surface area contributed by atoms with Gasteiger partial charge in [-0.25, -0.2) is 5.01 Å². The number of carboxylic acids is 3. The quantitative estimate of drug-likeness (QED) is 0.0510. The van der Waals surface area contributed by atoms with E-state index >= 15 is 0 Å². The molecule has 0 aliphatic carbocycles. The van der Waals surface area contributed by atoms with Gasteiger partial charge in [0.2, 0.25) is 41.4 Å². The lowest BCUT2D eigenvalue weighted by Crippen LogP contribution is -2.62. The molecule has 410 valence electrons. The van der Waals surface area contributed by atoms with Crippen molar-refractivity contribution in [2.75, 3.05) is 13.1 Å². The number of nitrogens with one attached hydrogen (secondary N) is 7. The minimum absolute atomic E-state index is 0.133. The summed E-state index contributed by atoms with van der Waals surface area (Å²) in [5.74, 6) is -14.4. The van der Waals surface area contributed by atoms with E-state index in [0.29, 0.717) is 18.4 Å². The predicted molar refractivity (Wildman–Crippen MR) is 266 cm³/mol. The van der Waals surface area contributed by atoms with Gasteiger partial charge in [0.15, 0.2) is 0 Å². The number of likely N-dealkylation sites (tertiary alicyclic amines) is 1. The first-order valence-electron chi connectivity index (χ1n) is 24.5. The molecule has 2 aromatic rings. The average molecular weight is 1050 g/mol. The van der Waals surface area contributed by atoms with E-state index in [1.165, 1.54) is 23.8 Å². The second kappa shape index (κ2) is 29.1. The van der Waals surface area contributed by atoms with Crippen molar-refractivity contribution >= 4 is 71.1 Å². The van der Waals surface area contributed by atoms with Crippen LogP contribution in [-0.2, 0) is 52.7 Å². The number of carboxylic acid groups (broad SMARTS) is 3. The molecule has 1 aliphatic heterocycles. The van der Waals surface area contributed by atoms with Gasteiger partial charge in [0.1, 0.15) is 42.3 Å². The highest BCUT2D eigenvalue weighted by atomic mass is 16.4. The van der Waals surface area contributed by atoms with E-state index in [4.69, 9.17) is 0 Å². The van der Waals surface area contributed by atoms with Crippen LogP contribution < -0.4 is 37.3 Å². The molecule has 25 nitrogen and oxygen atoms in total. The van der Waals surface area contributed by atoms with Gasteiger partial charge in [0.05, 0.1) is 18.9 Å². The Bertz CT molecular complexity index is 2380. The summed E-state index contributed by atoms with van der Waals surface area (Å²) in [5, 5.41) is 53.5. The first kappa shape index (κ1) is 61.3. The first-order chi connectivity index (χ1) is 35.2. The van der Waals surface area contributed by atoms with Crippen LogP contribution >= 0.6 is 0 Å².